The van der Waals surface area contributed by atoms with Crippen molar-refractivity contribution in [2.45, 2.75) is 6.92 Å². The van der Waals surface area contributed by atoms with Gasteiger partial charge in [-0.1, -0.05) is 48.5 Å². The van der Waals surface area contributed by atoms with Gasteiger partial charge in [0.2, 0.25) is 11.7 Å². The van der Waals surface area contributed by atoms with Crippen LogP contribution in [0.25, 0.3) is 22.6 Å². The van der Waals surface area contributed by atoms with Gasteiger partial charge < -0.3 is 20.0 Å². The van der Waals surface area contributed by atoms with Crippen molar-refractivity contribution in [1.82, 2.24) is 24.9 Å². The number of carbonyl (C=O) groups excluding carboxylic acids is 3. The fourth-order valence-electron chi connectivity index (χ4n) is 5.41. The molecule has 3 aromatic carbocycles. The number of benzene rings is 3. The number of hydrogen-bond acceptors (Lipinski definition) is 8. The number of fused-ring (bicyclic) bond motifs is 2. The first-order valence-electron chi connectivity index (χ1n) is 14.3. The van der Waals surface area contributed by atoms with Crippen LogP contribution in [0.5, 0.6) is 5.88 Å². The number of pyridine rings is 1. The van der Waals surface area contributed by atoms with Crippen LogP contribution in [-0.2, 0) is 0 Å². The van der Waals surface area contributed by atoms with Crippen molar-refractivity contribution in [2.75, 3.05) is 31.5 Å². The third-order valence-electron chi connectivity index (χ3n) is 7.82. The molecule has 0 spiro atoms. The fraction of sp³-hybridized carbons (Fsp3) is 0.147. The maximum absolute atomic E-state index is 13.5. The Morgan fingerprint density at radius 3 is 2.45 bits per heavy atom. The Hall–Kier alpha value is -5.61. The predicted molar refractivity (Wildman–Crippen MR) is 165 cm³/mol. The van der Waals surface area contributed by atoms with Gasteiger partial charge in [-0.15, -0.1) is 5.06 Å². The average molecular weight is 585 g/mol. The molecular formula is C34H28N6O4. The van der Waals surface area contributed by atoms with Crippen molar-refractivity contribution in [1.29, 1.82) is 0 Å². The Morgan fingerprint density at radius 1 is 0.864 bits per heavy atom. The number of aromatic amines is 1. The number of anilines is 1. The van der Waals surface area contributed by atoms with E-state index in [-0.39, 0.29) is 23.2 Å². The first-order valence-corrected chi connectivity index (χ1v) is 14.3. The summed E-state index contributed by atoms with van der Waals surface area (Å²) in [5.41, 5.74) is 5.35. The van der Waals surface area contributed by atoms with Crippen LogP contribution in [0.1, 0.15) is 36.6 Å². The van der Waals surface area contributed by atoms with Gasteiger partial charge in [-0.25, -0.2) is 9.97 Å². The third-order valence-corrected chi connectivity index (χ3v) is 7.82. The minimum absolute atomic E-state index is 0.122. The largest absolute Gasteiger partial charge is 0.386 e. The molecule has 1 aliphatic carbocycles. The smallest absolute Gasteiger partial charge is 0.254 e. The molecule has 0 bridgehead atoms. The first kappa shape index (κ1) is 27.2. The van der Waals surface area contributed by atoms with E-state index in [0.29, 0.717) is 66.0 Å². The molecule has 0 saturated carbocycles. The van der Waals surface area contributed by atoms with Gasteiger partial charge in [-0.2, -0.15) is 0 Å². The first-order chi connectivity index (χ1) is 21.4. The molecule has 5 aromatic rings. The number of nitrogens with one attached hydrogen (secondary N) is 2. The van der Waals surface area contributed by atoms with Crippen molar-refractivity contribution in [3.63, 3.8) is 0 Å². The summed E-state index contributed by atoms with van der Waals surface area (Å²) in [7, 11) is 0. The number of rotatable bonds is 6. The van der Waals surface area contributed by atoms with Crippen molar-refractivity contribution < 1.29 is 19.2 Å². The van der Waals surface area contributed by atoms with E-state index in [1.807, 2.05) is 49.4 Å². The maximum Gasteiger partial charge on any atom is 0.254 e. The van der Waals surface area contributed by atoms with Crippen LogP contribution >= 0.6 is 0 Å². The van der Waals surface area contributed by atoms with Crippen molar-refractivity contribution in [3.8, 4) is 17.4 Å². The van der Waals surface area contributed by atoms with E-state index in [1.54, 1.807) is 52.4 Å². The van der Waals surface area contributed by atoms with E-state index < -0.39 is 0 Å². The number of carbonyl (C=O) groups is 3. The number of ketones is 2. The Morgan fingerprint density at radius 2 is 1.64 bits per heavy atom. The number of aryl methyl sites for hydroxylation is 1. The molecule has 0 unspecified atom stereocenters. The molecule has 1 saturated heterocycles. The zero-order chi connectivity index (χ0) is 30.2. The van der Waals surface area contributed by atoms with Gasteiger partial charge in [0.05, 0.1) is 29.8 Å². The quantitative estimate of drug-likeness (QED) is 0.284. The topological polar surface area (TPSA) is 121 Å². The van der Waals surface area contributed by atoms with Gasteiger partial charge in [0.25, 0.3) is 5.91 Å². The number of H-pyrrole nitrogens is 1. The number of hydroxylamine groups is 2. The SMILES string of the molecule is Cc1ccc(C(=O)N2CCN(Oc3cccc(-c4nc5ccccc5[nH]4)n3)CC2)cc1NC1=CC(=O)c2ccccc2C1=O. The van der Waals surface area contributed by atoms with Crippen LogP contribution in [0, 0.1) is 6.92 Å². The number of aromatic nitrogens is 3. The lowest BCUT2D eigenvalue weighted by Gasteiger charge is -2.33. The average Bonchev–Trinajstić information content (AvgIpc) is 3.49. The summed E-state index contributed by atoms with van der Waals surface area (Å²) >= 11 is 0. The highest BCUT2D eigenvalue weighted by Gasteiger charge is 2.27. The standard InChI is InChI=1S/C34H28N6O4/c1-21-13-14-22(19-28(21)35-29-20-30(41)23-7-2-3-8-24(23)32(29)42)34(43)39-15-17-40(18-16-39)44-31-12-6-11-27(36-31)33-37-25-9-4-5-10-26(25)38-33/h2-14,19-20,35H,15-18H2,1H3,(H,37,38). The van der Waals surface area contributed by atoms with Gasteiger partial charge in [-0.05, 0) is 42.8 Å². The molecule has 10 heteroatoms. The van der Waals surface area contributed by atoms with Crippen molar-refractivity contribution in [2.24, 2.45) is 0 Å². The predicted octanol–water partition coefficient (Wildman–Crippen LogP) is 5.06. The zero-order valence-electron chi connectivity index (χ0n) is 23.9. The molecule has 2 N–H and O–H groups in total. The number of hydrogen-bond donors (Lipinski definition) is 2. The lowest BCUT2D eigenvalue weighted by atomic mass is 9.92. The van der Waals surface area contributed by atoms with Gasteiger partial charge >= 0.3 is 0 Å². The van der Waals surface area contributed by atoms with Crippen LogP contribution in [0.2, 0.25) is 0 Å². The van der Waals surface area contributed by atoms with Gasteiger partial charge in [0, 0.05) is 47.6 Å². The van der Waals surface area contributed by atoms with E-state index >= 15 is 0 Å². The monoisotopic (exact) mass is 584 g/mol. The number of nitrogens with zero attached hydrogens (tertiary/aromatic N) is 4. The molecule has 0 radical (unpaired) electrons. The molecule has 0 atom stereocenters. The van der Waals surface area contributed by atoms with E-state index in [9.17, 15) is 14.4 Å². The van der Waals surface area contributed by atoms with Crippen LogP contribution in [0.4, 0.5) is 5.69 Å². The molecule has 2 aromatic heterocycles. The highest BCUT2D eigenvalue weighted by atomic mass is 16.7. The molecule has 7 rings (SSSR count). The van der Waals surface area contributed by atoms with Gasteiger partial charge in [0.15, 0.2) is 11.6 Å². The Bertz CT molecular complexity index is 1940. The number of allylic oxidation sites excluding steroid dienone is 2. The van der Waals surface area contributed by atoms with Crippen LogP contribution < -0.4 is 10.2 Å². The Kier molecular flexibility index (Phi) is 6.95. The lowest BCUT2D eigenvalue weighted by Crippen LogP contribution is -2.49. The molecule has 10 nitrogen and oxygen atoms in total. The second-order valence-electron chi connectivity index (χ2n) is 10.7. The van der Waals surface area contributed by atoms with Gasteiger partial charge in [-0.3, -0.25) is 14.4 Å². The highest BCUT2D eigenvalue weighted by molar-refractivity contribution is 6.25. The van der Waals surface area contributed by atoms with E-state index in [0.717, 1.165) is 16.6 Å². The maximum atomic E-state index is 13.5. The number of Topliss-reactive ketones (excluding diaryl/α,β-unsaturated/α-hetero) is 1. The summed E-state index contributed by atoms with van der Waals surface area (Å²) in [4.78, 5) is 59.5. The second-order valence-corrected chi connectivity index (χ2v) is 10.7. The second kappa shape index (κ2) is 11.2. The Labute approximate surface area is 253 Å². The van der Waals surface area contributed by atoms with Crippen LogP contribution in [0.15, 0.2) is 96.7 Å². The molecule has 3 heterocycles. The van der Waals surface area contributed by atoms with E-state index in [1.165, 1.54) is 6.08 Å². The number of amides is 1. The lowest BCUT2D eigenvalue weighted by molar-refractivity contribution is -0.0865. The Balaban J connectivity index is 0.996. The third kappa shape index (κ3) is 5.23. The summed E-state index contributed by atoms with van der Waals surface area (Å²) in [5, 5.41) is 4.90. The van der Waals surface area contributed by atoms with Crippen molar-refractivity contribution in [3.05, 3.63) is 119 Å². The molecule has 1 amide bonds. The number of imidazole rings is 1. The van der Waals surface area contributed by atoms with E-state index in [4.69, 9.17) is 4.84 Å². The summed E-state index contributed by atoms with van der Waals surface area (Å²) in [5.74, 6) is 0.501. The summed E-state index contributed by atoms with van der Waals surface area (Å²) in [6.07, 6.45) is 1.32. The molecule has 2 aliphatic rings. The van der Waals surface area contributed by atoms with Gasteiger partial charge in [0.1, 0.15) is 5.69 Å². The summed E-state index contributed by atoms with van der Waals surface area (Å²) < 4.78 is 0. The molecule has 44 heavy (non-hydrogen) atoms. The minimum Gasteiger partial charge on any atom is -0.386 e. The molecule has 1 aliphatic heterocycles. The normalized spacial score (nSPS) is 15.2. The van der Waals surface area contributed by atoms with E-state index in [2.05, 4.69) is 20.3 Å². The molecule has 1 fully saturated rings. The van der Waals surface area contributed by atoms with Crippen LogP contribution in [-0.4, -0.2) is 68.6 Å². The highest BCUT2D eigenvalue weighted by Crippen LogP contribution is 2.26. The van der Waals surface area contributed by atoms with Crippen LogP contribution in [0.3, 0.4) is 0 Å². The fourth-order valence-corrected chi connectivity index (χ4v) is 5.41. The summed E-state index contributed by atoms with van der Waals surface area (Å²) in [6, 6.07) is 25.5. The van der Waals surface area contributed by atoms with Crippen molar-refractivity contribution >= 4 is 34.2 Å². The minimum atomic E-state index is -0.259. The number of para-hydroxylation sites is 2. The zero-order valence-corrected chi connectivity index (χ0v) is 23.9. The molecular weight excluding hydrogens is 556 g/mol. The summed E-state index contributed by atoms with van der Waals surface area (Å²) in [6.45, 7) is 3.82. The number of piperazine rings is 1. The molecule has 218 valence electrons.